The Morgan fingerprint density at radius 3 is 3.15 bits per heavy atom. The van der Waals surface area contributed by atoms with E-state index in [2.05, 4.69) is 9.97 Å². The van der Waals surface area contributed by atoms with Crippen LogP contribution in [0.25, 0.3) is 0 Å². The molecule has 1 fully saturated rings. The van der Waals surface area contributed by atoms with Gasteiger partial charge in [0.05, 0.1) is 12.9 Å². The predicted molar refractivity (Wildman–Crippen MR) is 44.8 cm³/mol. The van der Waals surface area contributed by atoms with Crippen molar-refractivity contribution in [2.45, 2.75) is 18.4 Å². The van der Waals surface area contributed by atoms with Gasteiger partial charge in [0.25, 0.3) is 0 Å². The Balaban J connectivity index is 2.13. The standard InChI is InChI=1S/C8H11N3O2/c9-8(1-2-13-7(8)12)3-6-4-10-5-11-6/h4-5H,1-3,9H2,(H,10,11). The van der Waals surface area contributed by atoms with Crippen molar-refractivity contribution in [3.05, 3.63) is 18.2 Å². The molecule has 0 aliphatic carbocycles. The quantitative estimate of drug-likeness (QED) is 0.608. The third-order valence-corrected chi connectivity index (χ3v) is 2.25. The molecular formula is C8H11N3O2. The highest BCUT2D eigenvalue weighted by atomic mass is 16.5. The molecule has 1 atom stereocenters. The Morgan fingerprint density at radius 1 is 1.77 bits per heavy atom. The lowest BCUT2D eigenvalue weighted by Crippen LogP contribution is -2.46. The van der Waals surface area contributed by atoms with Gasteiger partial charge in [-0.3, -0.25) is 4.79 Å². The summed E-state index contributed by atoms with van der Waals surface area (Å²) in [6.07, 6.45) is 4.27. The van der Waals surface area contributed by atoms with Crippen molar-refractivity contribution in [1.29, 1.82) is 0 Å². The van der Waals surface area contributed by atoms with Crippen LogP contribution in [0.1, 0.15) is 12.1 Å². The number of aromatic amines is 1. The SMILES string of the molecule is NC1(Cc2cnc[nH]2)CCOC1=O. The first kappa shape index (κ1) is 8.25. The molecule has 2 rings (SSSR count). The van der Waals surface area contributed by atoms with Crippen molar-refractivity contribution in [2.75, 3.05) is 6.61 Å². The highest BCUT2D eigenvalue weighted by molar-refractivity contribution is 5.82. The molecule has 1 unspecified atom stereocenters. The first-order chi connectivity index (χ1) is 6.21. The highest BCUT2D eigenvalue weighted by Crippen LogP contribution is 2.21. The van der Waals surface area contributed by atoms with E-state index in [0.29, 0.717) is 19.4 Å². The van der Waals surface area contributed by atoms with E-state index in [0.717, 1.165) is 5.69 Å². The zero-order valence-electron chi connectivity index (χ0n) is 7.12. The van der Waals surface area contributed by atoms with Crippen LogP contribution >= 0.6 is 0 Å². The van der Waals surface area contributed by atoms with Crippen LogP contribution in [0.15, 0.2) is 12.5 Å². The molecule has 2 heterocycles. The summed E-state index contributed by atoms with van der Waals surface area (Å²) < 4.78 is 4.82. The summed E-state index contributed by atoms with van der Waals surface area (Å²) in [5, 5.41) is 0. The van der Waals surface area contributed by atoms with Gasteiger partial charge in [-0.25, -0.2) is 4.98 Å². The third kappa shape index (κ3) is 1.42. The van der Waals surface area contributed by atoms with Crippen LogP contribution in [-0.2, 0) is 16.0 Å². The number of nitrogens with zero attached hydrogens (tertiary/aromatic N) is 1. The zero-order valence-corrected chi connectivity index (χ0v) is 7.12. The van der Waals surface area contributed by atoms with Gasteiger partial charge in [0, 0.05) is 24.7 Å². The third-order valence-electron chi connectivity index (χ3n) is 2.25. The number of ether oxygens (including phenoxy) is 1. The Morgan fingerprint density at radius 2 is 2.62 bits per heavy atom. The van der Waals surface area contributed by atoms with Gasteiger partial charge < -0.3 is 15.5 Å². The van der Waals surface area contributed by atoms with Gasteiger partial charge in [-0.05, 0) is 0 Å². The zero-order chi connectivity index (χ0) is 9.31. The lowest BCUT2D eigenvalue weighted by molar-refractivity contribution is -0.142. The summed E-state index contributed by atoms with van der Waals surface area (Å²) in [4.78, 5) is 18.0. The minimum absolute atomic E-state index is 0.317. The van der Waals surface area contributed by atoms with Crippen LogP contribution in [0.5, 0.6) is 0 Å². The minimum atomic E-state index is -0.855. The van der Waals surface area contributed by atoms with Gasteiger partial charge in [-0.2, -0.15) is 0 Å². The van der Waals surface area contributed by atoms with Crippen molar-refractivity contribution in [2.24, 2.45) is 5.73 Å². The van der Waals surface area contributed by atoms with E-state index in [1.54, 1.807) is 12.5 Å². The Kier molecular flexibility index (Phi) is 1.81. The van der Waals surface area contributed by atoms with Crippen molar-refractivity contribution in [1.82, 2.24) is 9.97 Å². The summed E-state index contributed by atoms with van der Waals surface area (Å²) in [5.74, 6) is -0.317. The molecule has 0 aromatic carbocycles. The molecule has 13 heavy (non-hydrogen) atoms. The number of carbonyl (C=O) groups excluding carboxylic acids is 1. The van der Waals surface area contributed by atoms with Crippen LogP contribution in [-0.4, -0.2) is 28.1 Å². The fourth-order valence-electron chi connectivity index (χ4n) is 1.45. The number of nitrogens with one attached hydrogen (secondary N) is 1. The van der Waals surface area contributed by atoms with E-state index in [1.165, 1.54) is 0 Å². The second-order valence-electron chi connectivity index (χ2n) is 3.30. The van der Waals surface area contributed by atoms with E-state index in [-0.39, 0.29) is 5.97 Å². The molecule has 0 spiro atoms. The fraction of sp³-hybridized carbons (Fsp3) is 0.500. The number of rotatable bonds is 2. The molecule has 1 aromatic rings. The predicted octanol–water partition coefficient (Wildman–Crippen LogP) is -0.403. The lowest BCUT2D eigenvalue weighted by atomic mass is 9.93. The smallest absolute Gasteiger partial charge is 0.326 e. The van der Waals surface area contributed by atoms with E-state index in [4.69, 9.17) is 10.5 Å². The molecule has 1 aliphatic heterocycles. The second-order valence-corrected chi connectivity index (χ2v) is 3.30. The monoisotopic (exact) mass is 181 g/mol. The molecular weight excluding hydrogens is 170 g/mol. The molecule has 0 radical (unpaired) electrons. The normalized spacial score (nSPS) is 27.6. The molecule has 5 nitrogen and oxygen atoms in total. The molecule has 1 aromatic heterocycles. The van der Waals surface area contributed by atoms with Gasteiger partial charge in [0.1, 0.15) is 5.54 Å². The number of esters is 1. The maximum Gasteiger partial charge on any atom is 0.326 e. The molecule has 70 valence electrons. The lowest BCUT2D eigenvalue weighted by Gasteiger charge is -2.16. The van der Waals surface area contributed by atoms with Crippen molar-refractivity contribution in [3.8, 4) is 0 Å². The molecule has 0 bridgehead atoms. The average Bonchev–Trinajstić information content (AvgIpc) is 2.65. The number of imidazole rings is 1. The first-order valence-corrected chi connectivity index (χ1v) is 4.14. The maximum absolute atomic E-state index is 11.2. The molecule has 1 saturated heterocycles. The molecule has 3 N–H and O–H groups in total. The van der Waals surface area contributed by atoms with E-state index >= 15 is 0 Å². The number of cyclic esters (lactones) is 1. The van der Waals surface area contributed by atoms with E-state index in [1.807, 2.05) is 0 Å². The summed E-state index contributed by atoms with van der Waals surface area (Å²) in [5.41, 5.74) is 5.88. The largest absolute Gasteiger partial charge is 0.464 e. The Labute approximate surface area is 75.3 Å². The molecule has 0 amide bonds. The van der Waals surface area contributed by atoms with Crippen LogP contribution in [0.4, 0.5) is 0 Å². The first-order valence-electron chi connectivity index (χ1n) is 4.14. The number of nitrogens with two attached hydrogens (primary N) is 1. The minimum Gasteiger partial charge on any atom is -0.464 e. The number of hydrogen-bond acceptors (Lipinski definition) is 4. The Hall–Kier alpha value is -1.36. The molecule has 0 saturated carbocycles. The van der Waals surface area contributed by atoms with Gasteiger partial charge in [-0.1, -0.05) is 0 Å². The summed E-state index contributed by atoms with van der Waals surface area (Å²) in [7, 11) is 0. The van der Waals surface area contributed by atoms with Gasteiger partial charge in [0.15, 0.2) is 0 Å². The average molecular weight is 181 g/mol. The van der Waals surface area contributed by atoms with Crippen molar-refractivity contribution >= 4 is 5.97 Å². The number of H-pyrrole nitrogens is 1. The van der Waals surface area contributed by atoms with Gasteiger partial charge in [0.2, 0.25) is 0 Å². The van der Waals surface area contributed by atoms with Crippen molar-refractivity contribution in [3.63, 3.8) is 0 Å². The second kappa shape index (κ2) is 2.85. The van der Waals surface area contributed by atoms with Crippen LogP contribution < -0.4 is 5.73 Å². The van der Waals surface area contributed by atoms with Crippen LogP contribution in [0.2, 0.25) is 0 Å². The number of aromatic nitrogens is 2. The summed E-state index contributed by atoms with van der Waals surface area (Å²) >= 11 is 0. The van der Waals surface area contributed by atoms with Crippen LogP contribution in [0.3, 0.4) is 0 Å². The number of carbonyl (C=O) groups is 1. The van der Waals surface area contributed by atoms with Crippen molar-refractivity contribution < 1.29 is 9.53 Å². The van der Waals surface area contributed by atoms with Gasteiger partial charge in [-0.15, -0.1) is 0 Å². The van der Waals surface area contributed by atoms with E-state index < -0.39 is 5.54 Å². The van der Waals surface area contributed by atoms with E-state index in [9.17, 15) is 4.79 Å². The maximum atomic E-state index is 11.2. The number of hydrogen-bond donors (Lipinski definition) is 2. The highest BCUT2D eigenvalue weighted by Gasteiger charge is 2.41. The summed E-state index contributed by atoms with van der Waals surface area (Å²) in [6, 6.07) is 0. The topological polar surface area (TPSA) is 81.0 Å². The van der Waals surface area contributed by atoms with Gasteiger partial charge >= 0.3 is 5.97 Å². The fourth-order valence-corrected chi connectivity index (χ4v) is 1.45. The summed E-state index contributed by atoms with van der Waals surface area (Å²) in [6.45, 7) is 0.420. The molecule has 1 aliphatic rings. The molecule has 5 heteroatoms. The van der Waals surface area contributed by atoms with Crippen LogP contribution in [0, 0.1) is 0 Å². The Bertz CT molecular complexity index is 309.